The Balaban J connectivity index is 1.31. The van der Waals surface area contributed by atoms with Crippen LogP contribution in [-0.2, 0) is 13.0 Å². The van der Waals surface area contributed by atoms with Crippen LogP contribution in [0.1, 0.15) is 51.7 Å². The summed E-state index contributed by atoms with van der Waals surface area (Å²) in [4.78, 5) is 22.6. The molecule has 4 rings (SSSR count). The first kappa shape index (κ1) is 22.6. The number of hydrogen-bond donors (Lipinski definition) is 2. The summed E-state index contributed by atoms with van der Waals surface area (Å²) in [5, 5.41) is 23.1. The first-order valence-electron chi connectivity index (χ1n) is 11.1. The average molecular weight is 442 g/mol. The van der Waals surface area contributed by atoms with E-state index < -0.39 is 6.10 Å². The second kappa shape index (κ2) is 10.3. The standard InChI is InChI=1S/C26H27N5O2/c1-31(17-19-3-2-12-28-15-19)26(33)20-6-4-18(5-7-20)13-22-10-11-24(30-22)25(32)21-8-9-23(14-27)29-16-21/h2-9,12,15-16,22,24-25,30,32H,10-11,13,17H2,1H3/t22-,24+,25+/m0/s1. The van der Waals surface area contributed by atoms with E-state index in [2.05, 4.69) is 15.3 Å². The van der Waals surface area contributed by atoms with Crippen molar-refractivity contribution in [1.82, 2.24) is 20.2 Å². The van der Waals surface area contributed by atoms with Crippen molar-refractivity contribution in [3.63, 3.8) is 0 Å². The number of aliphatic hydroxyl groups excluding tert-OH is 1. The molecule has 0 spiro atoms. The molecule has 3 aromatic rings. The lowest BCUT2D eigenvalue weighted by molar-refractivity contribution is 0.0785. The minimum atomic E-state index is -0.661. The summed E-state index contributed by atoms with van der Waals surface area (Å²) in [6.07, 6.45) is 7.04. The Morgan fingerprint density at radius 2 is 2.00 bits per heavy atom. The van der Waals surface area contributed by atoms with E-state index in [4.69, 9.17) is 5.26 Å². The van der Waals surface area contributed by atoms with E-state index in [1.165, 1.54) is 0 Å². The van der Waals surface area contributed by atoms with Crippen LogP contribution in [-0.4, -0.2) is 45.0 Å². The van der Waals surface area contributed by atoms with Gasteiger partial charge in [0, 0.05) is 55.4 Å². The zero-order valence-corrected chi connectivity index (χ0v) is 18.6. The third kappa shape index (κ3) is 5.61. The molecule has 2 N–H and O–H groups in total. The van der Waals surface area contributed by atoms with Crippen LogP contribution < -0.4 is 5.32 Å². The molecule has 3 atom stereocenters. The second-order valence-electron chi connectivity index (χ2n) is 8.50. The Labute approximate surface area is 193 Å². The highest BCUT2D eigenvalue weighted by Gasteiger charge is 2.30. The van der Waals surface area contributed by atoms with Crippen molar-refractivity contribution in [3.05, 3.63) is 95.1 Å². The molecule has 1 aliphatic heterocycles. The lowest BCUT2D eigenvalue weighted by Crippen LogP contribution is -2.35. The summed E-state index contributed by atoms with van der Waals surface area (Å²) in [5.41, 5.74) is 3.85. The Bertz CT molecular complexity index is 1110. The highest BCUT2D eigenvalue weighted by Crippen LogP contribution is 2.26. The van der Waals surface area contributed by atoms with Gasteiger partial charge in [0.05, 0.1) is 6.10 Å². The molecule has 1 aliphatic rings. The molecule has 168 valence electrons. The molecule has 0 saturated carbocycles. The van der Waals surface area contributed by atoms with Gasteiger partial charge in [-0.25, -0.2) is 4.98 Å². The minimum absolute atomic E-state index is 0.0244. The first-order chi connectivity index (χ1) is 16.0. The van der Waals surface area contributed by atoms with Crippen molar-refractivity contribution in [3.8, 4) is 6.07 Å². The average Bonchev–Trinajstić information content (AvgIpc) is 3.32. The molecule has 0 aliphatic carbocycles. The lowest BCUT2D eigenvalue weighted by atomic mass is 10.0. The Kier molecular flexibility index (Phi) is 7.08. The van der Waals surface area contributed by atoms with Gasteiger partial charge in [0.25, 0.3) is 5.91 Å². The predicted molar refractivity (Wildman–Crippen MR) is 124 cm³/mol. The maximum atomic E-state index is 12.7. The van der Waals surface area contributed by atoms with Crippen molar-refractivity contribution >= 4 is 5.91 Å². The molecular weight excluding hydrogens is 414 g/mol. The van der Waals surface area contributed by atoms with E-state index in [0.29, 0.717) is 23.4 Å². The highest BCUT2D eigenvalue weighted by molar-refractivity contribution is 5.94. The summed E-state index contributed by atoms with van der Waals surface area (Å²) in [6.45, 7) is 0.513. The maximum absolute atomic E-state index is 12.7. The lowest BCUT2D eigenvalue weighted by Gasteiger charge is -2.20. The number of aliphatic hydroxyl groups is 1. The summed E-state index contributed by atoms with van der Waals surface area (Å²) in [5.74, 6) is -0.0244. The Morgan fingerprint density at radius 3 is 2.67 bits per heavy atom. The van der Waals surface area contributed by atoms with Gasteiger partial charge in [-0.15, -0.1) is 0 Å². The van der Waals surface area contributed by atoms with Crippen LogP contribution in [0.3, 0.4) is 0 Å². The second-order valence-corrected chi connectivity index (χ2v) is 8.50. The fourth-order valence-electron chi connectivity index (χ4n) is 4.26. The molecule has 7 heteroatoms. The van der Waals surface area contributed by atoms with Crippen LogP contribution in [0, 0.1) is 11.3 Å². The van der Waals surface area contributed by atoms with Gasteiger partial charge in [0.15, 0.2) is 0 Å². The van der Waals surface area contributed by atoms with Gasteiger partial charge >= 0.3 is 0 Å². The number of carbonyl (C=O) groups excluding carboxylic acids is 1. The molecular formula is C26H27N5O2. The van der Waals surface area contributed by atoms with Crippen molar-refractivity contribution in [1.29, 1.82) is 5.26 Å². The van der Waals surface area contributed by atoms with E-state index in [0.717, 1.165) is 30.4 Å². The van der Waals surface area contributed by atoms with Crippen LogP contribution in [0.25, 0.3) is 0 Å². The van der Waals surface area contributed by atoms with E-state index in [9.17, 15) is 9.90 Å². The number of pyridine rings is 2. The van der Waals surface area contributed by atoms with Crippen LogP contribution >= 0.6 is 0 Å². The smallest absolute Gasteiger partial charge is 0.253 e. The molecule has 1 saturated heterocycles. The monoisotopic (exact) mass is 441 g/mol. The highest BCUT2D eigenvalue weighted by atomic mass is 16.3. The molecule has 0 radical (unpaired) electrons. The van der Waals surface area contributed by atoms with Crippen molar-refractivity contribution in [2.75, 3.05) is 7.05 Å². The number of amides is 1. The van der Waals surface area contributed by atoms with Gasteiger partial charge in [-0.3, -0.25) is 9.78 Å². The maximum Gasteiger partial charge on any atom is 0.253 e. The van der Waals surface area contributed by atoms with E-state index in [-0.39, 0.29) is 18.0 Å². The molecule has 0 unspecified atom stereocenters. The third-order valence-electron chi connectivity index (χ3n) is 6.07. The van der Waals surface area contributed by atoms with Crippen molar-refractivity contribution in [2.24, 2.45) is 0 Å². The van der Waals surface area contributed by atoms with Gasteiger partial charge in [-0.2, -0.15) is 5.26 Å². The molecule has 7 nitrogen and oxygen atoms in total. The Morgan fingerprint density at radius 1 is 1.18 bits per heavy atom. The van der Waals surface area contributed by atoms with E-state index in [1.54, 1.807) is 42.7 Å². The number of hydrogen-bond acceptors (Lipinski definition) is 6. The van der Waals surface area contributed by atoms with E-state index in [1.807, 2.05) is 42.5 Å². The SMILES string of the molecule is CN(Cc1cccnc1)C(=O)c1ccc(C[C@@H]2CC[C@H]([C@H](O)c3ccc(C#N)nc3)N2)cc1. The van der Waals surface area contributed by atoms with Gasteiger partial charge in [-0.05, 0) is 54.7 Å². The zero-order valence-electron chi connectivity index (χ0n) is 18.6. The zero-order chi connectivity index (χ0) is 23.2. The molecule has 3 heterocycles. The van der Waals surface area contributed by atoms with Crippen LogP contribution in [0.15, 0.2) is 67.1 Å². The van der Waals surface area contributed by atoms with Crippen molar-refractivity contribution < 1.29 is 9.90 Å². The normalized spacial score (nSPS) is 18.5. The molecule has 2 aromatic heterocycles. The van der Waals surface area contributed by atoms with Crippen molar-refractivity contribution in [2.45, 2.75) is 44.0 Å². The third-order valence-corrected chi connectivity index (χ3v) is 6.07. The van der Waals surface area contributed by atoms with E-state index >= 15 is 0 Å². The summed E-state index contributed by atoms with van der Waals surface area (Å²) in [7, 11) is 1.79. The first-order valence-corrected chi connectivity index (χ1v) is 11.1. The molecule has 1 aromatic carbocycles. The topological polar surface area (TPSA) is 102 Å². The molecule has 33 heavy (non-hydrogen) atoms. The fraction of sp³-hybridized carbons (Fsp3) is 0.308. The quantitative estimate of drug-likeness (QED) is 0.584. The van der Waals surface area contributed by atoms with Crippen LogP contribution in [0.4, 0.5) is 0 Å². The number of carbonyl (C=O) groups is 1. The number of aromatic nitrogens is 2. The largest absolute Gasteiger partial charge is 0.387 e. The number of benzene rings is 1. The van der Waals surface area contributed by atoms with Crippen LogP contribution in [0.2, 0.25) is 0 Å². The number of nitriles is 1. The van der Waals surface area contributed by atoms with Crippen LogP contribution in [0.5, 0.6) is 0 Å². The van der Waals surface area contributed by atoms with Gasteiger partial charge in [0.2, 0.25) is 0 Å². The number of nitrogens with zero attached hydrogens (tertiary/aromatic N) is 4. The fourth-order valence-corrected chi connectivity index (χ4v) is 4.26. The van der Waals surface area contributed by atoms with Gasteiger partial charge in [0.1, 0.15) is 11.8 Å². The molecule has 1 amide bonds. The summed E-state index contributed by atoms with van der Waals surface area (Å²) in [6, 6.07) is 17.2. The summed E-state index contributed by atoms with van der Waals surface area (Å²) >= 11 is 0. The van der Waals surface area contributed by atoms with Gasteiger partial charge in [-0.1, -0.05) is 24.3 Å². The van der Waals surface area contributed by atoms with Gasteiger partial charge < -0.3 is 15.3 Å². The molecule has 0 bridgehead atoms. The number of rotatable bonds is 7. The predicted octanol–water partition coefficient (Wildman–Crippen LogP) is 3.02. The Hall–Kier alpha value is -3.60. The summed E-state index contributed by atoms with van der Waals surface area (Å²) < 4.78 is 0. The number of nitrogens with one attached hydrogen (secondary N) is 1. The minimum Gasteiger partial charge on any atom is -0.387 e. The molecule has 1 fully saturated rings.